The number of hydrogen-bond acceptors (Lipinski definition) is 3. The van der Waals surface area contributed by atoms with Crippen molar-refractivity contribution in [2.45, 2.75) is 26.3 Å². The molecule has 0 atom stereocenters. The molecular formula is C25H20F2N2O. The van der Waals surface area contributed by atoms with Gasteiger partial charge in [0.1, 0.15) is 11.6 Å². The molecule has 5 rings (SSSR count). The van der Waals surface area contributed by atoms with Crippen LogP contribution in [0.2, 0.25) is 0 Å². The number of allylic oxidation sites excluding steroid dienone is 1. The lowest BCUT2D eigenvalue weighted by Crippen LogP contribution is -2.32. The van der Waals surface area contributed by atoms with E-state index in [2.05, 4.69) is 30.2 Å². The lowest BCUT2D eigenvalue weighted by atomic mass is 9.83. The Bertz CT molecular complexity index is 1240. The van der Waals surface area contributed by atoms with Crippen molar-refractivity contribution < 1.29 is 13.5 Å². The maximum atomic E-state index is 14.6. The number of nitrogens with one attached hydrogen (secondary N) is 1. The third-order valence-corrected chi connectivity index (χ3v) is 5.39. The van der Waals surface area contributed by atoms with Crippen LogP contribution < -0.4 is 10.1 Å². The molecule has 0 fully saturated rings. The largest absolute Gasteiger partial charge is 0.453 e. The molecule has 0 spiro atoms. The number of halogens is 2. The quantitative estimate of drug-likeness (QED) is 0.503. The molecule has 0 aliphatic carbocycles. The monoisotopic (exact) mass is 402 g/mol. The molecule has 150 valence electrons. The van der Waals surface area contributed by atoms with E-state index in [1.807, 2.05) is 37.3 Å². The van der Waals surface area contributed by atoms with E-state index >= 15 is 0 Å². The van der Waals surface area contributed by atoms with Gasteiger partial charge in [-0.15, -0.1) is 0 Å². The van der Waals surface area contributed by atoms with Crippen LogP contribution in [-0.4, -0.2) is 10.5 Å². The molecular weight excluding hydrogens is 382 g/mol. The number of benzene rings is 2. The summed E-state index contributed by atoms with van der Waals surface area (Å²) in [6.07, 6.45) is 7.40. The van der Waals surface area contributed by atoms with Crippen molar-refractivity contribution in [1.29, 1.82) is 0 Å². The lowest BCUT2D eigenvalue weighted by molar-refractivity contribution is 0.460. The van der Waals surface area contributed by atoms with E-state index in [4.69, 9.17) is 4.74 Å². The molecule has 1 aromatic heterocycles. The zero-order valence-electron chi connectivity index (χ0n) is 16.9. The first-order valence-corrected chi connectivity index (χ1v) is 9.77. The molecule has 0 bridgehead atoms. The van der Waals surface area contributed by atoms with Gasteiger partial charge in [-0.25, -0.2) is 8.78 Å². The van der Waals surface area contributed by atoms with Crippen LogP contribution in [0, 0.1) is 11.6 Å². The van der Waals surface area contributed by atoms with E-state index in [1.165, 1.54) is 6.07 Å². The van der Waals surface area contributed by atoms with Crippen molar-refractivity contribution in [3.63, 3.8) is 0 Å². The van der Waals surface area contributed by atoms with Gasteiger partial charge in [0.25, 0.3) is 0 Å². The smallest absolute Gasteiger partial charge is 0.171 e. The van der Waals surface area contributed by atoms with Crippen LogP contribution in [0.1, 0.15) is 37.5 Å². The number of rotatable bonds is 1. The molecule has 1 N–H and O–H groups in total. The van der Waals surface area contributed by atoms with Crippen LogP contribution in [-0.2, 0) is 0 Å². The Kier molecular flexibility index (Phi) is 4.03. The van der Waals surface area contributed by atoms with Gasteiger partial charge < -0.3 is 10.1 Å². The summed E-state index contributed by atoms with van der Waals surface area (Å²) in [5, 5.41) is 3.53. The van der Waals surface area contributed by atoms with Crippen molar-refractivity contribution in [3.05, 3.63) is 83.2 Å². The molecule has 3 heterocycles. The molecule has 3 aromatic rings. The Morgan fingerprint density at radius 1 is 1.00 bits per heavy atom. The average molecular weight is 402 g/mol. The lowest BCUT2D eigenvalue weighted by Gasteiger charge is -2.35. The number of ether oxygens (including phenoxy) is 1. The highest BCUT2D eigenvalue weighted by atomic mass is 19.1. The molecule has 5 heteroatoms. The molecule has 0 saturated heterocycles. The normalized spacial score (nSPS) is 17.2. The van der Waals surface area contributed by atoms with Crippen LogP contribution in [0.4, 0.5) is 14.5 Å². The van der Waals surface area contributed by atoms with Crippen LogP contribution in [0.25, 0.3) is 28.5 Å². The summed E-state index contributed by atoms with van der Waals surface area (Å²) in [6, 6.07) is 9.75. The van der Waals surface area contributed by atoms with E-state index in [9.17, 15) is 8.78 Å². The first-order chi connectivity index (χ1) is 14.3. The summed E-state index contributed by atoms with van der Waals surface area (Å²) in [5.41, 5.74) is 5.66. The van der Waals surface area contributed by atoms with Gasteiger partial charge in [0.15, 0.2) is 11.6 Å². The standard InChI is InChI=1S/C25H20F2N2O/c1-14-13-25(2,3)29-20-5-4-17-18-11-16(26)12-19(27)24(18)30-21(23(17)22(14)20)10-15-6-8-28-9-7-15/h4-13,29H,1-3H3. The Labute approximate surface area is 173 Å². The molecule has 2 aliphatic heterocycles. The number of fused-ring (bicyclic) bond motifs is 5. The predicted octanol–water partition coefficient (Wildman–Crippen LogP) is 6.52. The second-order valence-corrected chi connectivity index (χ2v) is 8.24. The molecule has 2 aromatic carbocycles. The van der Waals surface area contributed by atoms with E-state index < -0.39 is 11.6 Å². The van der Waals surface area contributed by atoms with Gasteiger partial charge in [0.05, 0.1) is 5.54 Å². The maximum absolute atomic E-state index is 14.6. The summed E-state index contributed by atoms with van der Waals surface area (Å²) < 4.78 is 34.8. The number of nitrogens with zero attached hydrogens (tertiary/aromatic N) is 1. The van der Waals surface area contributed by atoms with Crippen molar-refractivity contribution >= 4 is 23.1 Å². The summed E-state index contributed by atoms with van der Waals surface area (Å²) >= 11 is 0. The van der Waals surface area contributed by atoms with Crippen molar-refractivity contribution in [1.82, 2.24) is 4.98 Å². The zero-order valence-corrected chi connectivity index (χ0v) is 16.9. The highest BCUT2D eigenvalue weighted by Crippen LogP contribution is 2.50. The van der Waals surface area contributed by atoms with Gasteiger partial charge in [-0.2, -0.15) is 0 Å². The van der Waals surface area contributed by atoms with Crippen LogP contribution in [0.3, 0.4) is 0 Å². The average Bonchev–Trinajstić information content (AvgIpc) is 2.68. The van der Waals surface area contributed by atoms with Crippen LogP contribution in [0.15, 0.2) is 54.9 Å². The number of aromatic nitrogens is 1. The fraction of sp³-hybridized carbons (Fsp3) is 0.160. The van der Waals surface area contributed by atoms with Crippen molar-refractivity contribution in [2.24, 2.45) is 0 Å². The van der Waals surface area contributed by atoms with Crippen molar-refractivity contribution in [3.8, 4) is 16.9 Å². The summed E-state index contributed by atoms with van der Waals surface area (Å²) in [5.74, 6) is -0.803. The van der Waals surface area contributed by atoms with E-state index in [0.29, 0.717) is 11.3 Å². The third kappa shape index (κ3) is 2.98. The van der Waals surface area contributed by atoms with Gasteiger partial charge in [-0.1, -0.05) is 12.1 Å². The van der Waals surface area contributed by atoms with Gasteiger partial charge in [-0.3, -0.25) is 4.98 Å². The maximum Gasteiger partial charge on any atom is 0.171 e. The minimum absolute atomic E-state index is 0.0369. The molecule has 0 saturated carbocycles. The van der Waals surface area contributed by atoms with Gasteiger partial charge in [-0.05, 0) is 67.8 Å². The molecule has 0 amide bonds. The SMILES string of the molecule is CC1=CC(C)(C)Nc2ccc3c(c21)C(=Cc1ccncc1)Oc1c(F)cc(F)cc1-3. The molecule has 3 nitrogen and oxygen atoms in total. The van der Waals surface area contributed by atoms with E-state index in [0.717, 1.165) is 39.6 Å². The zero-order chi connectivity index (χ0) is 21.0. The molecule has 2 aliphatic rings. The Balaban J connectivity index is 1.83. The highest BCUT2D eigenvalue weighted by molar-refractivity contribution is 6.00. The van der Waals surface area contributed by atoms with Crippen LogP contribution in [0.5, 0.6) is 5.75 Å². The first-order valence-electron chi connectivity index (χ1n) is 9.77. The summed E-state index contributed by atoms with van der Waals surface area (Å²) in [6.45, 7) is 6.25. The fourth-order valence-corrected chi connectivity index (χ4v) is 4.33. The minimum Gasteiger partial charge on any atom is -0.453 e. The summed E-state index contributed by atoms with van der Waals surface area (Å²) in [7, 11) is 0. The van der Waals surface area contributed by atoms with Gasteiger partial charge >= 0.3 is 0 Å². The number of pyridine rings is 1. The third-order valence-electron chi connectivity index (χ3n) is 5.39. The molecule has 0 radical (unpaired) electrons. The second-order valence-electron chi connectivity index (χ2n) is 8.24. The van der Waals surface area contributed by atoms with E-state index in [-0.39, 0.29) is 11.3 Å². The van der Waals surface area contributed by atoms with Crippen molar-refractivity contribution in [2.75, 3.05) is 5.32 Å². The summed E-state index contributed by atoms with van der Waals surface area (Å²) in [4.78, 5) is 4.05. The Morgan fingerprint density at radius 2 is 1.77 bits per heavy atom. The first kappa shape index (κ1) is 18.6. The Hall–Kier alpha value is -3.47. The molecule has 30 heavy (non-hydrogen) atoms. The van der Waals surface area contributed by atoms with Crippen LogP contribution >= 0.6 is 0 Å². The Morgan fingerprint density at radius 3 is 2.53 bits per heavy atom. The minimum atomic E-state index is -0.722. The van der Waals surface area contributed by atoms with E-state index in [1.54, 1.807) is 12.4 Å². The number of hydrogen-bond donors (Lipinski definition) is 1. The topological polar surface area (TPSA) is 34.2 Å². The molecule has 0 unspecified atom stereocenters. The highest BCUT2D eigenvalue weighted by Gasteiger charge is 2.32. The second kappa shape index (κ2) is 6.52. The predicted molar refractivity (Wildman–Crippen MR) is 116 cm³/mol. The van der Waals surface area contributed by atoms with Gasteiger partial charge in [0.2, 0.25) is 0 Å². The fourth-order valence-electron chi connectivity index (χ4n) is 4.33. The van der Waals surface area contributed by atoms with Gasteiger partial charge in [0, 0.05) is 40.8 Å². The number of anilines is 1.